The molecule has 0 unspecified atom stereocenters. The van der Waals surface area contributed by atoms with Crippen LogP contribution in [0, 0.1) is 6.92 Å². The van der Waals surface area contributed by atoms with E-state index >= 15 is 0 Å². The third kappa shape index (κ3) is 4.09. The van der Waals surface area contributed by atoms with Crippen molar-refractivity contribution in [3.8, 4) is 5.75 Å². The highest BCUT2D eigenvalue weighted by Gasteiger charge is 2.29. The molecule has 0 spiro atoms. The topological polar surface area (TPSA) is 102 Å². The Morgan fingerprint density at radius 1 is 1.23 bits per heavy atom. The lowest BCUT2D eigenvalue weighted by Crippen LogP contribution is -2.13. The second-order valence-electron chi connectivity index (χ2n) is 7.84. The number of fused-ring (bicyclic) bond motifs is 1. The van der Waals surface area contributed by atoms with E-state index in [1.807, 2.05) is 31.3 Å². The summed E-state index contributed by atoms with van der Waals surface area (Å²) < 4.78 is 13.2. The van der Waals surface area contributed by atoms with Crippen LogP contribution < -0.4 is 10.1 Å². The summed E-state index contributed by atoms with van der Waals surface area (Å²) in [4.78, 5) is 8.76. The molecule has 5 rings (SSSR count). The van der Waals surface area contributed by atoms with Crippen LogP contribution in [0.1, 0.15) is 42.3 Å². The van der Waals surface area contributed by atoms with Crippen molar-refractivity contribution in [1.29, 1.82) is 0 Å². The highest BCUT2D eigenvalue weighted by Crippen LogP contribution is 2.37. The van der Waals surface area contributed by atoms with Gasteiger partial charge in [-0.2, -0.15) is 10.2 Å². The number of methoxy groups -OCH3 is 1. The fourth-order valence-corrected chi connectivity index (χ4v) is 4.12. The Morgan fingerprint density at radius 3 is 3.03 bits per heavy atom. The molecule has 0 radical (unpaired) electrons. The third-order valence-corrected chi connectivity index (χ3v) is 5.65. The first-order valence-corrected chi connectivity index (χ1v) is 10.4. The van der Waals surface area contributed by atoms with E-state index in [9.17, 15) is 0 Å². The summed E-state index contributed by atoms with van der Waals surface area (Å²) in [7, 11) is 1.66. The number of aromatic nitrogens is 6. The largest absolute Gasteiger partial charge is 0.489 e. The standard InChI is InChI=1S/C22H25N7O2/c1-14-20(4-3-7-23-14)31-17-6-5-15(10-17)18-12-21(27-26-18)25-22-19-11-16(13-30-2)28-29(19)9-8-24-22/h3-4,7-9,11-12,15,17H,5-6,10,13H2,1-2H3,(H2,24,25,26,27)/t15-,17+/m1/s1. The van der Waals surface area contributed by atoms with Crippen LogP contribution in [0.3, 0.4) is 0 Å². The molecule has 0 bridgehead atoms. The second kappa shape index (κ2) is 8.35. The Kier molecular flexibility index (Phi) is 5.25. The van der Waals surface area contributed by atoms with Gasteiger partial charge in [-0.1, -0.05) is 0 Å². The summed E-state index contributed by atoms with van der Waals surface area (Å²) in [6.07, 6.45) is 8.53. The Hall–Kier alpha value is -3.46. The van der Waals surface area contributed by atoms with Crippen molar-refractivity contribution in [3.05, 3.63) is 59.9 Å². The summed E-state index contributed by atoms with van der Waals surface area (Å²) in [5.74, 6) is 2.69. The van der Waals surface area contributed by atoms with Gasteiger partial charge < -0.3 is 14.8 Å². The monoisotopic (exact) mass is 419 g/mol. The molecule has 0 aliphatic heterocycles. The molecule has 9 nitrogen and oxygen atoms in total. The number of rotatable bonds is 7. The van der Waals surface area contributed by atoms with Gasteiger partial charge >= 0.3 is 0 Å². The van der Waals surface area contributed by atoms with Gasteiger partial charge in [0.1, 0.15) is 11.3 Å². The lowest BCUT2D eigenvalue weighted by molar-refractivity contribution is 0.181. The molecule has 31 heavy (non-hydrogen) atoms. The van der Waals surface area contributed by atoms with Crippen molar-refractivity contribution >= 4 is 17.2 Å². The van der Waals surface area contributed by atoms with Gasteiger partial charge in [0.2, 0.25) is 0 Å². The van der Waals surface area contributed by atoms with Crippen LogP contribution in [-0.4, -0.2) is 43.0 Å². The van der Waals surface area contributed by atoms with Gasteiger partial charge in [0.05, 0.1) is 24.1 Å². The molecular formula is C22H25N7O2. The van der Waals surface area contributed by atoms with Crippen molar-refractivity contribution in [1.82, 2.24) is 29.8 Å². The van der Waals surface area contributed by atoms with Crippen LogP contribution in [0.4, 0.5) is 11.6 Å². The Balaban J connectivity index is 1.27. The molecule has 4 aromatic heterocycles. The van der Waals surface area contributed by atoms with Crippen LogP contribution in [0.2, 0.25) is 0 Å². The molecule has 1 fully saturated rings. The predicted octanol–water partition coefficient (Wildman–Crippen LogP) is 3.76. The van der Waals surface area contributed by atoms with E-state index in [1.165, 1.54) is 0 Å². The first-order valence-electron chi connectivity index (χ1n) is 10.4. The average Bonchev–Trinajstić information content (AvgIpc) is 3.50. The number of hydrogen-bond donors (Lipinski definition) is 2. The van der Waals surface area contributed by atoms with E-state index < -0.39 is 0 Å². The highest BCUT2D eigenvalue weighted by molar-refractivity contribution is 5.72. The summed E-state index contributed by atoms with van der Waals surface area (Å²) >= 11 is 0. The van der Waals surface area contributed by atoms with Crippen LogP contribution in [-0.2, 0) is 11.3 Å². The summed E-state index contributed by atoms with van der Waals surface area (Å²) in [5.41, 5.74) is 3.76. The Morgan fingerprint density at radius 2 is 2.16 bits per heavy atom. The number of aryl methyl sites for hydroxylation is 1. The molecular weight excluding hydrogens is 394 g/mol. The van der Waals surface area contributed by atoms with Gasteiger partial charge in [-0.05, 0) is 44.4 Å². The molecule has 160 valence electrons. The zero-order valence-corrected chi connectivity index (χ0v) is 17.6. The Labute approximate surface area is 179 Å². The molecule has 0 saturated heterocycles. The van der Waals surface area contributed by atoms with Crippen molar-refractivity contribution in [2.24, 2.45) is 0 Å². The van der Waals surface area contributed by atoms with Crippen LogP contribution >= 0.6 is 0 Å². The minimum atomic E-state index is 0.189. The predicted molar refractivity (Wildman–Crippen MR) is 116 cm³/mol. The minimum Gasteiger partial charge on any atom is -0.489 e. The van der Waals surface area contributed by atoms with E-state index in [1.54, 1.807) is 24.0 Å². The van der Waals surface area contributed by atoms with E-state index in [0.717, 1.165) is 53.4 Å². The quantitative estimate of drug-likeness (QED) is 0.470. The van der Waals surface area contributed by atoms with Gasteiger partial charge in [0.25, 0.3) is 0 Å². The van der Waals surface area contributed by atoms with E-state index in [-0.39, 0.29) is 6.10 Å². The molecule has 0 amide bonds. The number of anilines is 2. The Bertz CT molecular complexity index is 1190. The maximum Gasteiger partial charge on any atom is 0.157 e. The number of nitrogens with one attached hydrogen (secondary N) is 2. The van der Waals surface area contributed by atoms with Crippen LogP contribution in [0.5, 0.6) is 5.75 Å². The number of pyridine rings is 1. The molecule has 9 heteroatoms. The minimum absolute atomic E-state index is 0.189. The summed E-state index contributed by atoms with van der Waals surface area (Å²) in [6, 6.07) is 7.91. The molecule has 1 saturated carbocycles. The van der Waals surface area contributed by atoms with Gasteiger partial charge in [-0.3, -0.25) is 10.1 Å². The van der Waals surface area contributed by atoms with Gasteiger partial charge in [-0.25, -0.2) is 9.50 Å². The van der Waals surface area contributed by atoms with Crippen molar-refractivity contribution in [3.63, 3.8) is 0 Å². The van der Waals surface area contributed by atoms with Crippen molar-refractivity contribution < 1.29 is 9.47 Å². The van der Waals surface area contributed by atoms with Crippen LogP contribution in [0.15, 0.2) is 42.9 Å². The number of hydrogen-bond acceptors (Lipinski definition) is 7. The van der Waals surface area contributed by atoms with Crippen LogP contribution in [0.25, 0.3) is 5.52 Å². The zero-order valence-electron chi connectivity index (χ0n) is 17.6. The third-order valence-electron chi connectivity index (χ3n) is 5.65. The van der Waals surface area contributed by atoms with Crippen molar-refractivity contribution in [2.75, 3.05) is 12.4 Å². The summed E-state index contributed by atoms with van der Waals surface area (Å²) in [5, 5.41) is 15.4. The number of ether oxygens (including phenoxy) is 2. The van der Waals surface area contributed by atoms with E-state index in [0.29, 0.717) is 18.3 Å². The maximum atomic E-state index is 6.19. The average molecular weight is 419 g/mol. The van der Waals surface area contributed by atoms with E-state index in [4.69, 9.17) is 9.47 Å². The first-order chi connectivity index (χ1) is 15.2. The van der Waals surface area contributed by atoms with Gasteiger partial charge in [0, 0.05) is 43.4 Å². The molecule has 0 aromatic carbocycles. The molecule has 2 N–H and O–H groups in total. The second-order valence-corrected chi connectivity index (χ2v) is 7.84. The van der Waals surface area contributed by atoms with Crippen molar-refractivity contribution in [2.45, 2.75) is 44.8 Å². The summed E-state index contributed by atoms with van der Waals surface area (Å²) in [6.45, 7) is 2.43. The lowest BCUT2D eigenvalue weighted by Gasteiger charge is -2.15. The SMILES string of the molecule is COCc1cc2c(Nc3cc([C@@H]4CC[C@H](Oc5cccnc5C)C4)[nH]n3)nccn2n1. The fourth-order valence-electron chi connectivity index (χ4n) is 4.12. The van der Waals surface area contributed by atoms with Gasteiger partial charge in [-0.15, -0.1) is 0 Å². The zero-order chi connectivity index (χ0) is 21.2. The number of H-pyrrole nitrogens is 1. The van der Waals surface area contributed by atoms with Gasteiger partial charge in [0.15, 0.2) is 11.6 Å². The van der Waals surface area contributed by atoms with E-state index in [2.05, 4.69) is 36.6 Å². The molecule has 1 aliphatic carbocycles. The number of nitrogens with zero attached hydrogens (tertiary/aromatic N) is 5. The maximum absolute atomic E-state index is 6.19. The highest BCUT2D eigenvalue weighted by atomic mass is 16.5. The smallest absolute Gasteiger partial charge is 0.157 e. The fraction of sp³-hybridized carbons (Fsp3) is 0.364. The molecule has 1 aliphatic rings. The number of aromatic amines is 1. The molecule has 4 aromatic rings. The molecule has 2 atom stereocenters. The first kappa shape index (κ1) is 19.5. The lowest BCUT2D eigenvalue weighted by atomic mass is 10.0. The molecule has 4 heterocycles. The normalized spacial score (nSPS) is 18.5.